The van der Waals surface area contributed by atoms with Crippen molar-refractivity contribution < 1.29 is 8.42 Å². The number of halogens is 1. The molecule has 2 aliphatic heterocycles. The van der Waals surface area contributed by atoms with Crippen LogP contribution >= 0.6 is 24.0 Å². The van der Waals surface area contributed by atoms with E-state index >= 15 is 0 Å². The molecular weight excluding hydrogens is 451 g/mol. The first kappa shape index (κ1) is 23.0. The predicted octanol–water partition coefficient (Wildman–Crippen LogP) is 1.71. The van der Waals surface area contributed by atoms with Gasteiger partial charge in [-0.2, -0.15) is 0 Å². The van der Waals surface area contributed by atoms with E-state index in [9.17, 15) is 8.42 Å². The van der Waals surface area contributed by atoms with Crippen LogP contribution in [0.25, 0.3) is 0 Å². The van der Waals surface area contributed by atoms with Gasteiger partial charge in [0.1, 0.15) is 0 Å². The third kappa shape index (κ3) is 8.43. The third-order valence-electron chi connectivity index (χ3n) is 4.76. The number of nitrogens with one attached hydrogen (secondary N) is 2. The number of aliphatic imine (C=N–C) groups is 1. The molecule has 0 aliphatic carbocycles. The zero-order chi connectivity index (χ0) is 17.6. The van der Waals surface area contributed by atoms with E-state index in [0.29, 0.717) is 6.42 Å². The van der Waals surface area contributed by atoms with Gasteiger partial charge in [0.05, 0.1) is 11.5 Å². The van der Waals surface area contributed by atoms with Crippen molar-refractivity contribution in [3.63, 3.8) is 0 Å². The van der Waals surface area contributed by atoms with Gasteiger partial charge in [-0.1, -0.05) is 13.8 Å². The molecule has 2 N–H and O–H groups in total. The maximum atomic E-state index is 11.6. The van der Waals surface area contributed by atoms with Crippen LogP contribution in [0.1, 0.15) is 40.0 Å². The molecule has 0 aromatic rings. The molecule has 2 heterocycles. The summed E-state index contributed by atoms with van der Waals surface area (Å²) in [6, 6.07) is -0.00315. The largest absolute Gasteiger partial charge is 0.357 e. The molecule has 3 unspecified atom stereocenters. The van der Waals surface area contributed by atoms with E-state index in [0.717, 1.165) is 43.9 Å². The van der Waals surface area contributed by atoms with Crippen LogP contribution in [0, 0.1) is 11.8 Å². The van der Waals surface area contributed by atoms with Gasteiger partial charge in [0.2, 0.25) is 0 Å². The minimum Gasteiger partial charge on any atom is -0.357 e. The lowest BCUT2D eigenvalue weighted by molar-refractivity contribution is 0.140. The summed E-state index contributed by atoms with van der Waals surface area (Å²) in [4.78, 5) is 7.17. The van der Waals surface area contributed by atoms with Crippen LogP contribution in [-0.2, 0) is 9.84 Å². The van der Waals surface area contributed by atoms with Crippen molar-refractivity contribution >= 4 is 39.8 Å². The second-order valence-electron chi connectivity index (χ2n) is 7.56. The van der Waals surface area contributed by atoms with Crippen molar-refractivity contribution in [2.45, 2.75) is 46.1 Å². The fraction of sp³-hybridized carbons (Fsp3) is 0.941. The second kappa shape index (κ2) is 10.9. The zero-order valence-corrected chi connectivity index (χ0v) is 19.0. The fourth-order valence-corrected chi connectivity index (χ4v) is 5.56. The van der Waals surface area contributed by atoms with Crippen LogP contribution in [0.5, 0.6) is 0 Å². The van der Waals surface area contributed by atoms with Gasteiger partial charge < -0.3 is 15.5 Å². The molecule has 2 rings (SSSR count). The van der Waals surface area contributed by atoms with Gasteiger partial charge in [-0.25, -0.2) is 8.42 Å². The summed E-state index contributed by atoms with van der Waals surface area (Å²) in [5, 5.41) is 6.49. The molecule has 2 aliphatic rings. The van der Waals surface area contributed by atoms with E-state index in [-0.39, 0.29) is 41.5 Å². The topological polar surface area (TPSA) is 73.8 Å². The highest BCUT2D eigenvalue weighted by atomic mass is 127. The Labute approximate surface area is 170 Å². The van der Waals surface area contributed by atoms with Gasteiger partial charge in [0.15, 0.2) is 15.8 Å². The highest BCUT2D eigenvalue weighted by Gasteiger charge is 2.28. The Kier molecular flexibility index (Phi) is 10.0. The minimum absolute atomic E-state index is 0. The number of sulfone groups is 1. The number of nitrogens with zero attached hydrogens (tertiary/aromatic N) is 2. The van der Waals surface area contributed by atoms with Gasteiger partial charge in [0, 0.05) is 32.2 Å². The van der Waals surface area contributed by atoms with Crippen molar-refractivity contribution in [2.24, 2.45) is 16.8 Å². The van der Waals surface area contributed by atoms with E-state index in [1.807, 2.05) is 6.92 Å². The summed E-state index contributed by atoms with van der Waals surface area (Å²) in [5.74, 6) is 2.84. The number of piperidine rings is 1. The second-order valence-corrected chi connectivity index (χ2v) is 9.79. The Morgan fingerprint density at radius 2 is 1.92 bits per heavy atom. The first-order valence-electron chi connectivity index (χ1n) is 9.35. The average Bonchev–Trinajstić information content (AvgIpc) is 2.81. The predicted molar refractivity (Wildman–Crippen MR) is 116 cm³/mol. The molecule has 8 heteroatoms. The molecule has 2 fully saturated rings. The molecule has 0 saturated carbocycles. The molecule has 0 radical (unpaired) electrons. The molecule has 0 amide bonds. The summed E-state index contributed by atoms with van der Waals surface area (Å²) in [5.41, 5.74) is 0. The van der Waals surface area contributed by atoms with Crippen molar-refractivity contribution in [2.75, 3.05) is 44.2 Å². The number of hydrogen-bond acceptors (Lipinski definition) is 4. The Bertz CT molecular complexity index is 517. The summed E-state index contributed by atoms with van der Waals surface area (Å²) < 4.78 is 23.1. The highest BCUT2D eigenvalue weighted by molar-refractivity contribution is 14.0. The maximum absolute atomic E-state index is 11.6. The van der Waals surface area contributed by atoms with Crippen LogP contribution in [0.15, 0.2) is 4.99 Å². The van der Waals surface area contributed by atoms with E-state index in [1.54, 1.807) is 0 Å². The van der Waals surface area contributed by atoms with Crippen molar-refractivity contribution in [1.29, 1.82) is 0 Å². The standard InChI is InChI=1S/C17H34N4O2S.HI/c1-4-18-17(20-16-6-9-24(22,23)13-16)19-7-5-8-21-11-14(2)10-15(3)12-21;/h14-16H,4-13H2,1-3H3,(H2,18,19,20);1H. The molecule has 0 aromatic heterocycles. The number of likely N-dealkylation sites (tertiary alicyclic amines) is 1. The normalized spacial score (nSPS) is 29.9. The van der Waals surface area contributed by atoms with Crippen LogP contribution in [0.2, 0.25) is 0 Å². The lowest BCUT2D eigenvalue weighted by Crippen LogP contribution is -2.44. The maximum Gasteiger partial charge on any atom is 0.191 e. The summed E-state index contributed by atoms with van der Waals surface area (Å²) in [6.45, 7) is 11.8. The monoisotopic (exact) mass is 486 g/mol. The van der Waals surface area contributed by atoms with Crippen molar-refractivity contribution in [3.8, 4) is 0 Å². The molecular formula is C17H35IN4O2S. The molecule has 25 heavy (non-hydrogen) atoms. The van der Waals surface area contributed by atoms with Gasteiger partial charge in [-0.15, -0.1) is 24.0 Å². The first-order chi connectivity index (χ1) is 11.4. The third-order valence-corrected chi connectivity index (χ3v) is 6.53. The van der Waals surface area contributed by atoms with Crippen LogP contribution < -0.4 is 10.6 Å². The highest BCUT2D eigenvalue weighted by Crippen LogP contribution is 2.20. The molecule has 0 spiro atoms. The van der Waals surface area contributed by atoms with Crippen LogP contribution in [-0.4, -0.2) is 69.5 Å². The van der Waals surface area contributed by atoms with Gasteiger partial charge in [0.25, 0.3) is 0 Å². The molecule has 0 bridgehead atoms. The van der Waals surface area contributed by atoms with Gasteiger partial charge >= 0.3 is 0 Å². The molecule has 0 aromatic carbocycles. The lowest BCUT2D eigenvalue weighted by atomic mass is 9.92. The number of rotatable bonds is 6. The van der Waals surface area contributed by atoms with E-state index in [2.05, 4.69) is 34.4 Å². The number of hydrogen-bond donors (Lipinski definition) is 2. The summed E-state index contributed by atoms with van der Waals surface area (Å²) in [7, 11) is -2.86. The van der Waals surface area contributed by atoms with E-state index in [1.165, 1.54) is 19.5 Å². The van der Waals surface area contributed by atoms with Crippen molar-refractivity contribution in [3.05, 3.63) is 0 Å². The Morgan fingerprint density at radius 3 is 2.48 bits per heavy atom. The van der Waals surface area contributed by atoms with E-state index < -0.39 is 9.84 Å². The summed E-state index contributed by atoms with van der Waals surface area (Å²) in [6.07, 6.45) is 3.06. The molecule has 3 atom stereocenters. The van der Waals surface area contributed by atoms with Gasteiger partial charge in [-0.3, -0.25) is 4.99 Å². The number of guanidine groups is 1. The Hall–Kier alpha value is -0.0900. The minimum atomic E-state index is -2.86. The van der Waals surface area contributed by atoms with Gasteiger partial charge in [-0.05, 0) is 44.6 Å². The summed E-state index contributed by atoms with van der Waals surface area (Å²) >= 11 is 0. The SMILES string of the molecule is CCNC(=NCCCN1CC(C)CC(C)C1)NC1CCS(=O)(=O)C1.I. The lowest BCUT2D eigenvalue weighted by Gasteiger charge is -2.34. The van der Waals surface area contributed by atoms with Crippen LogP contribution in [0.4, 0.5) is 0 Å². The quantitative estimate of drug-likeness (QED) is 0.259. The fourth-order valence-electron chi connectivity index (χ4n) is 3.88. The zero-order valence-electron chi connectivity index (χ0n) is 15.8. The van der Waals surface area contributed by atoms with Crippen molar-refractivity contribution in [1.82, 2.24) is 15.5 Å². The molecule has 6 nitrogen and oxygen atoms in total. The van der Waals surface area contributed by atoms with Crippen LogP contribution in [0.3, 0.4) is 0 Å². The smallest absolute Gasteiger partial charge is 0.191 e. The van der Waals surface area contributed by atoms with E-state index in [4.69, 9.17) is 0 Å². The Balaban J connectivity index is 0.00000312. The molecule has 2 saturated heterocycles. The first-order valence-corrected chi connectivity index (χ1v) is 11.2. The molecule has 148 valence electrons. The Morgan fingerprint density at radius 1 is 1.24 bits per heavy atom. The average molecular weight is 486 g/mol.